The van der Waals surface area contributed by atoms with Gasteiger partial charge in [0.15, 0.2) is 0 Å². The highest BCUT2D eigenvalue weighted by molar-refractivity contribution is 6.35. The molecule has 0 aliphatic rings. The topological polar surface area (TPSA) is 32.3 Å². The van der Waals surface area contributed by atoms with E-state index < -0.39 is 0 Å². The molecule has 0 aliphatic heterocycles. The minimum atomic E-state index is 0.0101. The summed E-state index contributed by atoms with van der Waals surface area (Å²) in [4.78, 5) is 14.1. The Balaban J connectivity index is 1.72. The van der Waals surface area contributed by atoms with Crippen molar-refractivity contribution in [3.63, 3.8) is 0 Å². The van der Waals surface area contributed by atoms with Gasteiger partial charge in [-0.2, -0.15) is 0 Å². The fourth-order valence-corrected chi connectivity index (χ4v) is 2.69. The summed E-state index contributed by atoms with van der Waals surface area (Å²) >= 11 is 11.9. The summed E-state index contributed by atoms with van der Waals surface area (Å²) in [5.41, 5.74) is 2.10. The molecule has 122 valence electrons. The van der Waals surface area contributed by atoms with E-state index in [2.05, 4.69) is 22.3 Å². The molecule has 2 aromatic rings. The lowest BCUT2D eigenvalue weighted by molar-refractivity contribution is -0.121. The summed E-state index contributed by atoms with van der Waals surface area (Å²) in [6.07, 6.45) is 0.453. The first-order chi connectivity index (χ1) is 11.0. The Kier molecular flexibility index (Phi) is 6.90. The van der Waals surface area contributed by atoms with Crippen LogP contribution in [0.5, 0.6) is 0 Å². The standard InChI is InChI=1S/C18H20Cl2N2O/c1-22(13-14-5-3-2-4-6-14)10-9-18(23)21-12-15-7-8-16(19)11-17(15)20/h2-8,11H,9-10,12-13H2,1H3,(H,21,23). The maximum Gasteiger partial charge on any atom is 0.221 e. The van der Waals surface area contributed by atoms with E-state index in [4.69, 9.17) is 23.2 Å². The largest absolute Gasteiger partial charge is 0.352 e. The number of hydrogen-bond donors (Lipinski definition) is 1. The average molecular weight is 351 g/mol. The Morgan fingerprint density at radius 2 is 1.87 bits per heavy atom. The van der Waals surface area contributed by atoms with Gasteiger partial charge in [0.25, 0.3) is 0 Å². The lowest BCUT2D eigenvalue weighted by Gasteiger charge is -2.16. The minimum Gasteiger partial charge on any atom is -0.352 e. The Labute approximate surface area is 147 Å². The molecular formula is C18H20Cl2N2O. The molecule has 0 fully saturated rings. The van der Waals surface area contributed by atoms with Gasteiger partial charge >= 0.3 is 0 Å². The van der Waals surface area contributed by atoms with Crippen molar-refractivity contribution in [3.05, 3.63) is 69.7 Å². The molecule has 0 saturated heterocycles. The minimum absolute atomic E-state index is 0.0101. The molecule has 1 amide bonds. The van der Waals surface area contributed by atoms with E-state index in [1.807, 2.05) is 31.3 Å². The van der Waals surface area contributed by atoms with Crippen molar-refractivity contribution in [2.45, 2.75) is 19.5 Å². The zero-order valence-corrected chi connectivity index (χ0v) is 14.6. The third-order valence-corrected chi connectivity index (χ3v) is 4.09. The van der Waals surface area contributed by atoms with Crippen LogP contribution in [0.15, 0.2) is 48.5 Å². The summed E-state index contributed by atoms with van der Waals surface area (Å²) < 4.78 is 0. The molecule has 3 nitrogen and oxygen atoms in total. The first-order valence-corrected chi connectivity index (χ1v) is 8.23. The molecule has 0 aromatic heterocycles. The van der Waals surface area contributed by atoms with Crippen LogP contribution in [0.4, 0.5) is 0 Å². The highest BCUT2D eigenvalue weighted by Crippen LogP contribution is 2.20. The molecule has 2 aromatic carbocycles. The second kappa shape index (κ2) is 8.92. The number of carbonyl (C=O) groups excluding carboxylic acids is 1. The number of rotatable bonds is 7. The predicted molar refractivity (Wildman–Crippen MR) is 95.7 cm³/mol. The molecule has 2 rings (SSSR count). The van der Waals surface area contributed by atoms with Crippen LogP contribution in [0.1, 0.15) is 17.5 Å². The van der Waals surface area contributed by atoms with Gasteiger partial charge in [-0.05, 0) is 30.3 Å². The zero-order chi connectivity index (χ0) is 16.7. The monoisotopic (exact) mass is 350 g/mol. The van der Waals surface area contributed by atoms with Crippen molar-refractivity contribution in [1.29, 1.82) is 0 Å². The fraction of sp³-hybridized carbons (Fsp3) is 0.278. The van der Waals surface area contributed by atoms with Crippen molar-refractivity contribution in [2.24, 2.45) is 0 Å². The number of halogens is 2. The molecule has 5 heteroatoms. The van der Waals surface area contributed by atoms with Gasteiger partial charge < -0.3 is 10.2 Å². The Morgan fingerprint density at radius 1 is 1.13 bits per heavy atom. The normalized spacial score (nSPS) is 10.8. The number of hydrogen-bond acceptors (Lipinski definition) is 2. The highest BCUT2D eigenvalue weighted by atomic mass is 35.5. The van der Waals surface area contributed by atoms with E-state index in [-0.39, 0.29) is 5.91 Å². The maximum absolute atomic E-state index is 11.9. The van der Waals surface area contributed by atoms with Crippen molar-refractivity contribution in [1.82, 2.24) is 10.2 Å². The van der Waals surface area contributed by atoms with Gasteiger partial charge in [-0.1, -0.05) is 59.6 Å². The van der Waals surface area contributed by atoms with Crippen LogP contribution in [-0.4, -0.2) is 24.4 Å². The zero-order valence-electron chi connectivity index (χ0n) is 13.1. The molecule has 0 atom stereocenters. The maximum atomic E-state index is 11.9. The summed E-state index contributed by atoms with van der Waals surface area (Å²) in [5.74, 6) is 0.0101. The van der Waals surface area contributed by atoms with Crippen LogP contribution in [0.2, 0.25) is 10.0 Å². The van der Waals surface area contributed by atoms with Crippen LogP contribution >= 0.6 is 23.2 Å². The third-order valence-electron chi connectivity index (χ3n) is 3.51. The van der Waals surface area contributed by atoms with E-state index >= 15 is 0 Å². The van der Waals surface area contributed by atoms with Gasteiger partial charge in [0, 0.05) is 36.1 Å². The summed E-state index contributed by atoms with van der Waals surface area (Å²) in [5, 5.41) is 4.04. The average Bonchev–Trinajstić information content (AvgIpc) is 2.53. The SMILES string of the molecule is CN(CCC(=O)NCc1ccc(Cl)cc1Cl)Cc1ccccc1. The Bertz CT molecular complexity index is 647. The van der Waals surface area contributed by atoms with Gasteiger partial charge in [-0.3, -0.25) is 4.79 Å². The van der Waals surface area contributed by atoms with Crippen LogP contribution in [0.3, 0.4) is 0 Å². The number of nitrogens with one attached hydrogen (secondary N) is 1. The Morgan fingerprint density at radius 3 is 2.57 bits per heavy atom. The van der Waals surface area contributed by atoms with Crippen molar-refractivity contribution in [2.75, 3.05) is 13.6 Å². The molecule has 0 saturated carbocycles. The van der Waals surface area contributed by atoms with Crippen LogP contribution in [-0.2, 0) is 17.9 Å². The highest BCUT2D eigenvalue weighted by Gasteiger charge is 2.07. The van der Waals surface area contributed by atoms with Crippen molar-refractivity contribution < 1.29 is 4.79 Å². The lowest BCUT2D eigenvalue weighted by atomic mass is 10.2. The number of amides is 1. The first kappa shape index (κ1) is 17.8. The molecular weight excluding hydrogens is 331 g/mol. The lowest BCUT2D eigenvalue weighted by Crippen LogP contribution is -2.28. The summed E-state index contributed by atoms with van der Waals surface area (Å²) in [6, 6.07) is 15.5. The first-order valence-electron chi connectivity index (χ1n) is 7.47. The summed E-state index contributed by atoms with van der Waals surface area (Å²) in [7, 11) is 2.01. The molecule has 0 heterocycles. The number of carbonyl (C=O) groups is 1. The smallest absolute Gasteiger partial charge is 0.221 e. The predicted octanol–water partition coefficient (Wildman–Crippen LogP) is 4.13. The molecule has 0 radical (unpaired) electrons. The van der Waals surface area contributed by atoms with E-state index in [0.717, 1.165) is 12.1 Å². The van der Waals surface area contributed by atoms with Gasteiger partial charge in [0.2, 0.25) is 5.91 Å². The van der Waals surface area contributed by atoms with Crippen LogP contribution < -0.4 is 5.32 Å². The van der Waals surface area contributed by atoms with E-state index in [1.54, 1.807) is 12.1 Å². The second-order valence-electron chi connectivity index (χ2n) is 5.49. The third kappa shape index (κ3) is 6.22. The summed E-state index contributed by atoms with van der Waals surface area (Å²) in [6.45, 7) is 1.95. The van der Waals surface area contributed by atoms with Crippen LogP contribution in [0.25, 0.3) is 0 Å². The molecule has 0 unspecified atom stereocenters. The fourth-order valence-electron chi connectivity index (χ4n) is 2.21. The van der Waals surface area contributed by atoms with Crippen LogP contribution in [0, 0.1) is 0 Å². The van der Waals surface area contributed by atoms with E-state index in [9.17, 15) is 4.79 Å². The molecule has 0 aliphatic carbocycles. The number of benzene rings is 2. The second-order valence-corrected chi connectivity index (χ2v) is 6.33. The van der Waals surface area contributed by atoms with E-state index in [1.165, 1.54) is 5.56 Å². The van der Waals surface area contributed by atoms with Gasteiger partial charge in [-0.25, -0.2) is 0 Å². The van der Waals surface area contributed by atoms with E-state index in [0.29, 0.717) is 29.6 Å². The Hall–Kier alpha value is -1.55. The number of nitrogens with zero attached hydrogens (tertiary/aromatic N) is 1. The van der Waals surface area contributed by atoms with Crippen molar-refractivity contribution in [3.8, 4) is 0 Å². The van der Waals surface area contributed by atoms with Gasteiger partial charge in [-0.15, -0.1) is 0 Å². The quantitative estimate of drug-likeness (QED) is 0.813. The molecule has 23 heavy (non-hydrogen) atoms. The molecule has 1 N–H and O–H groups in total. The van der Waals surface area contributed by atoms with Crippen molar-refractivity contribution >= 4 is 29.1 Å². The molecule has 0 bridgehead atoms. The van der Waals surface area contributed by atoms with Gasteiger partial charge in [0.1, 0.15) is 0 Å². The molecule has 0 spiro atoms. The van der Waals surface area contributed by atoms with Gasteiger partial charge in [0.05, 0.1) is 0 Å².